The predicted octanol–water partition coefficient (Wildman–Crippen LogP) is 3.78. The monoisotopic (exact) mass is 317 g/mol. The van der Waals surface area contributed by atoms with Gasteiger partial charge in [-0.1, -0.05) is 31.4 Å². The number of rotatable bonds is 5. The molecule has 3 rings (SSSR count). The Hall–Kier alpha value is -1.71. The Labute approximate surface area is 138 Å². The largest absolute Gasteiger partial charge is 0.486 e. The van der Waals surface area contributed by atoms with Gasteiger partial charge < -0.3 is 14.4 Å². The van der Waals surface area contributed by atoms with E-state index in [1.807, 2.05) is 30.0 Å². The smallest absolute Gasteiger partial charge is 0.223 e. The van der Waals surface area contributed by atoms with Gasteiger partial charge in [-0.2, -0.15) is 0 Å². The molecule has 0 aromatic heterocycles. The first-order valence-corrected chi connectivity index (χ1v) is 8.93. The molecule has 4 nitrogen and oxygen atoms in total. The van der Waals surface area contributed by atoms with Crippen LogP contribution in [0.3, 0.4) is 0 Å². The standard InChI is InChI=1S/C19H27NO3/c1-2-20(18(21)13-15-7-4-3-5-8-15)14-16-9-6-10-17-19(16)23-12-11-22-17/h6,9-10,15H,2-5,7-8,11-14H2,1H3. The van der Waals surface area contributed by atoms with Crippen molar-refractivity contribution in [3.63, 3.8) is 0 Å². The van der Waals surface area contributed by atoms with Gasteiger partial charge in [0.05, 0.1) is 0 Å². The molecule has 126 valence electrons. The minimum Gasteiger partial charge on any atom is -0.486 e. The molecule has 1 amide bonds. The first-order chi connectivity index (χ1) is 11.3. The molecule has 1 aromatic rings. The summed E-state index contributed by atoms with van der Waals surface area (Å²) in [6.45, 7) is 4.55. The zero-order chi connectivity index (χ0) is 16.1. The van der Waals surface area contributed by atoms with Crippen LogP contribution in [0.5, 0.6) is 11.5 Å². The van der Waals surface area contributed by atoms with Crippen molar-refractivity contribution in [2.75, 3.05) is 19.8 Å². The van der Waals surface area contributed by atoms with E-state index in [2.05, 4.69) is 0 Å². The van der Waals surface area contributed by atoms with Crippen molar-refractivity contribution >= 4 is 5.91 Å². The van der Waals surface area contributed by atoms with Crippen LogP contribution in [-0.4, -0.2) is 30.6 Å². The molecular formula is C19H27NO3. The van der Waals surface area contributed by atoms with Crippen LogP contribution >= 0.6 is 0 Å². The topological polar surface area (TPSA) is 38.8 Å². The predicted molar refractivity (Wildman–Crippen MR) is 89.7 cm³/mol. The molecule has 1 heterocycles. The Morgan fingerprint density at radius 1 is 1.17 bits per heavy atom. The zero-order valence-electron chi connectivity index (χ0n) is 14.1. The second kappa shape index (κ2) is 7.71. The minimum atomic E-state index is 0.272. The molecule has 1 aliphatic carbocycles. The Balaban J connectivity index is 1.66. The van der Waals surface area contributed by atoms with E-state index in [1.165, 1.54) is 32.1 Å². The third-order valence-electron chi connectivity index (χ3n) is 4.93. The quantitative estimate of drug-likeness (QED) is 0.829. The molecule has 4 heteroatoms. The van der Waals surface area contributed by atoms with E-state index < -0.39 is 0 Å². The van der Waals surface area contributed by atoms with Crippen LogP contribution in [0.15, 0.2) is 18.2 Å². The molecule has 0 radical (unpaired) electrons. The van der Waals surface area contributed by atoms with E-state index in [-0.39, 0.29) is 5.91 Å². The molecule has 23 heavy (non-hydrogen) atoms. The van der Waals surface area contributed by atoms with Gasteiger partial charge >= 0.3 is 0 Å². The van der Waals surface area contributed by atoms with Gasteiger partial charge in [0.15, 0.2) is 11.5 Å². The van der Waals surface area contributed by atoms with E-state index in [9.17, 15) is 4.79 Å². The number of nitrogens with zero attached hydrogens (tertiary/aromatic N) is 1. The number of benzene rings is 1. The summed E-state index contributed by atoms with van der Waals surface area (Å²) >= 11 is 0. The molecule has 0 bridgehead atoms. The van der Waals surface area contributed by atoms with Crippen molar-refractivity contribution in [3.8, 4) is 11.5 Å². The first-order valence-electron chi connectivity index (χ1n) is 8.93. The lowest BCUT2D eigenvalue weighted by Gasteiger charge is -2.28. The fourth-order valence-electron chi connectivity index (χ4n) is 3.61. The summed E-state index contributed by atoms with van der Waals surface area (Å²) in [5, 5.41) is 0. The Bertz CT molecular complexity index is 537. The first kappa shape index (κ1) is 16.2. The van der Waals surface area contributed by atoms with Crippen LogP contribution in [0.25, 0.3) is 0 Å². The highest BCUT2D eigenvalue weighted by Crippen LogP contribution is 2.34. The lowest BCUT2D eigenvalue weighted by atomic mass is 9.86. The summed E-state index contributed by atoms with van der Waals surface area (Å²) in [6, 6.07) is 5.94. The van der Waals surface area contributed by atoms with E-state index in [0.29, 0.717) is 32.1 Å². The Morgan fingerprint density at radius 3 is 2.74 bits per heavy atom. The maximum Gasteiger partial charge on any atom is 0.223 e. The summed E-state index contributed by atoms with van der Waals surface area (Å²) in [6.07, 6.45) is 7.00. The molecule has 1 saturated carbocycles. The van der Waals surface area contributed by atoms with Gasteiger partial charge in [-0.25, -0.2) is 0 Å². The van der Waals surface area contributed by atoms with E-state index in [0.717, 1.165) is 23.6 Å². The maximum absolute atomic E-state index is 12.7. The summed E-state index contributed by atoms with van der Waals surface area (Å²) in [5.74, 6) is 2.45. The van der Waals surface area contributed by atoms with Crippen molar-refractivity contribution in [2.24, 2.45) is 5.92 Å². The summed E-state index contributed by atoms with van der Waals surface area (Å²) in [7, 11) is 0. The van der Waals surface area contributed by atoms with Gasteiger partial charge in [0, 0.05) is 25.1 Å². The minimum absolute atomic E-state index is 0.272. The van der Waals surface area contributed by atoms with Crippen LogP contribution in [0, 0.1) is 5.92 Å². The highest BCUT2D eigenvalue weighted by Gasteiger charge is 2.22. The molecule has 1 aromatic carbocycles. The van der Waals surface area contributed by atoms with Crippen LogP contribution in [0.4, 0.5) is 0 Å². The summed E-state index contributed by atoms with van der Waals surface area (Å²) < 4.78 is 11.4. The number of fused-ring (bicyclic) bond motifs is 1. The van der Waals surface area contributed by atoms with Crippen LogP contribution < -0.4 is 9.47 Å². The van der Waals surface area contributed by atoms with Crippen molar-refractivity contribution in [3.05, 3.63) is 23.8 Å². The second-order valence-electron chi connectivity index (χ2n) is 6.56. The zero-order valence-corrected chi connectivity index (χ0v) is 14.1. The number of carbonyl (C=O) groups excluding carboxylic acids is 1. The average molecular weight is 317 g/mol. The molecule has 2 aliphatic rings. The van der Waals surface area contributed by atoms with E-state index in [1.54, 1.807) is 0 Å². The molecule has 0 spiro atoms. The summed E-state index contributed by atoms with van der Waals surface area (Å²) in [4.78, 5) is 14.6. The van der Waals surface area contributed by atoms with Crippen molar-refractivity contribution < 1.29 is 14.3 Å². The van der Waals surface area contributed by atoms with Gasteiger partial charge in [-0.3, -0.25) is 4.79 Å². The highest BCUT2D eigenvalue weighted by atomic mass is 16.6. The van der Waals surface area contributed by atoms with E-state index >= 15 is 0 Å². The SMILES string of the molecule is CCN(Cc1cccc2c1OCCO2)C(=O)CC1CCCCC1. The number of amides is 1. The Kier molecular flexibility index (Phi) is 5.42. The number of carbonyl (C=O) groups is 1. The van der Waals surface area contributed by atoms with E-state index in [4.69, 9.17) is 9.47 Å². The summed E-state index contributed by atoms with van der Waals surface area (Å²) in [5.41, 5.74) is 1.04. The lowest BCUT2D eigenvalue weighted by molar-refractivity contribution is -0.132. The van der Waals surface area contributed by atoms with Gasteiger partial charge in [0.1, 0.15) is 13.2 Å². The maximum atomic E-state index is 12.7. The second-order valence-corrected chi connectivity index (χ2v) is 6.56. The van der Waals surface area contributed by atoms with Crippen molar-refractivity contribution in [1.82, 2.24) is 4.90 Å². The third kappa shape index (κ3) is 3.98. The molecule has 1 fully saturated rings. The van der Waals surface area contributed by atoms with Crippen LogP contribution in [0.1, 0.15) is 51.0 Å². The highest BCUT2D eigenvalue weighted by molar-refractivity contribution is 5.76. The molecule has 0 N–H and O–H groups in total. The van der Waals surface area contributed by atoms with Crippen molar-refractivity contribution in [2.45, 2.75) is 52.0 Å². The normalized spacial score (nSPS) is 17.8. The van der Waals surface area contributed by atoms with Gasteiger partial charge in [-0.05, 0) is 31.7 Å². The fraction of sp³-hybridized carbons (Fsp3) is 0.632. The average Bonchev–Trinajstić information content (AvgIpc) is 2.60. The number of hydrogen-bond acceptors (Lipinski definition) is 3. The Morgan fingerprint density at radius 2 is 1.96 bits per heavy atom. The van der Waals surface area contributed by atoms with Crippen LogP contribution in [0.2, 0.25) is 0 Å². The molecule has 0 unspecified atom stereocenters. The van der Waals surface area contributed by atoms with Crippen LogP contribution in [-0.2, 0) is 11.3 Å². The molecule has 1 aliphatic heterocycles. The molecule has 0 atom stereocenters. The van der Waals surface area contributed by atoms with Gasteiger partial charge in [0.25, 0.3) is 0 Å². The lowest BCUT2D eigenvalue weighted by Crippen LogP contribution is -2.32. The number of para-hydroxylation sites is 1. The van der Waals surface area contributed by atoms with Gasteiger partial charge in [0.2, 0.25) is 5.91 Å². The van der Waals surface area contributed by atoms with Crippen molar-refractivity contribution in [1.29, 1.82) is 0 Å². The van der Waals surface area contributed by atoms with Gasteiger partial charge in [-0.15, -0.1) is 0 Å². The third-order valence-corrected chi connectivity index (χ3v) is 4.93. The molecule has 0 saturated heterocycles. The number of hydrogen-bond donors (Lipinski definition) is 0. The fourth-order valence-corrected chi connectivity index (χ4v) is 3.61. The number of ether oxygens (including phenoxy) is 2. The molecular weight excluding hydrogens is 290 g/mol.